The van der Waals surface area contributed by atoms with E-state index in [-0.39, 0.29) is 12.3 Å². The molecule has 9 nitrogen and oxygen atoms in total. The molecule has 1 amide bonds. The van der Waals surface area contributed by atoms with Crippen LogP contribution in [0.2, 0.25) is 0 Å². The maximum absolute atomic E-state index is 12.8. The molecular weight excluding hydrogens is 422 g/mol. The number of hydrogen-bond donors (Lipinski definition) is 1. The van der Waals surface area contributed by atoms with Gasteiger partial charge in [-0.05, 0) is 50.2 Å². The van der Waals surface area contributed by atoms with Crippen molar-refractivity contribution >= 4 is 17.4 Å². The fourth-order valence-corrected chi connectivity index (χ4v) is 3.58. The standard InChI is InChI=1S/C24H25N5O4/c1-14-19(13-22(30)26-20-11-10-18(32-4)12-21(20)33-5)15(2)29-24(25-14)27-23(28-29)16-6-8-17(31-3)9-7-16/h6-12H,13H2,1-5H3,(H,26,30). The first-order valence-electron chi connectivity index (χ1n) is 10.3. The van der Waals surface area contributed by atoms with Crippen molar-refractivity contribution in [3.05, 3.63) is 59.4 Å². The molecule has 1 N–H and O–H groups in total. The Kier molecular flexibility index (Phi) is 6.12. The van der Waals surface area contributed by atoms with Crippen molar-refractivity contribution in [2.75, 3.05) is 26.6 Å². The Morgan fingerprint density at radius 3 is 2.30 bits per heavy atom. The molecule has 0 saturated heterocycles. The van der Waals surface area contributed by atoms with Crippen molar-refractivity contribution < 1.29 is 19.0 Å². The molecule has 4 rings (SSSR count). The van der Waals surface area contributed by atoms with Crippen LogP contribution in [0.5, 0.6) is 17.2 Å². The Morgan fingerprint density at radius 1 is 0.939 bits per heavy atom. The number of methoxy groups -OCH3 is 3. The van der Waals surface area contributed by atoms with Gasteiger partial charge in [-0.15, -0.1) is 5.10 Å². The van der Waals surface area contributed by atoms with E-state index in [4.69, 9.17) is 14.2 Å². The number of carbonyl (C=O) groups excluding carboxylic acids is 1. The Balaban J connectivity index is 1.60. The second-order valence-electron chi connectivity index (χ2n) is 7.43. The molecule has 0 spiro atoms. The largest absolute Gasteiger partial charge is 0.497 e. The highest BCUT2D eigenvalue weighted by Crippen LogP contribution is 2.29. The molecule has 9 heteroatoms. The maximum atomic E-state index is 12.8. The van der Waals surface area contributed by atoms with Gasteiger partial charge in [0.25, 0.3) is 5.78 Å². The second-order valence-corrected chi connectivity index (χ2v) is 7.43. The van der Waals surface area contributed by atoms with E-state index < -0.39 is 0 Å². The molecule has 0 bridgehead atoms. The Hall–Kier alpha value is -4.14. The van der Waals surface area contributed by atoms with Crippen molar-refractivity contribution in [2.24, 2.45) is 0 Å². The van der Waals surface area contributed by atoms with E-state index in [1.54, 1.807) is 44.0 Å². The van der Waals surface area contributed by atoms with Gasteiger partial charge in [-0.2, -0.15) is 4.98 Å². The monoisotopic (exact) mass is 447 g/mol. The minimum Gasteiger partial charge on any atom is -0.497 e. The summed E-state index contributed by atoms with van der Waals surface area (Å²) in [5.74, 6) is 2.76. The first-order valence-corrected chi connectivity index (χ1v) is 10.3. The van der Waals surface area contributed by atoms with Crippen LogP contribution in [0.15, 0.2) is 42.5 Å². The fraction of sp³-hybridized carbons (Fsp3) is 0.250. The number of anilines is 1. The Bertz CT molecular complexity index is 1310. The van der Waals surface area contributed by atoms with Gasteiger partial charge in [0.2, 0.25) is 5.91 Å². The predicted octanol–water partition coefficient (Wildman–Crippen LogP) is 3.62. The van der Waals surface area contributed by atoms with E-state index in [0.29, 0.717) is 28.8 Å². The van der Waals surface area contributed by atoms with Crippen molar-refractivity contribution in [2.45, 2.75) is 20.3 Å². The van der Waals surface area contributed by atoms with Crippen LogP contribution >= 0.6 is 0 Å². The molecule has 0 radical (unpaired) electrons. The molecule has 170 valence electrons. The molecule has 0 aliphatic heterocycles. The molecule has 2 heterocycles. The molecular formula is C24H25N5O4. The molecule has 0 unspecified atom stereocenters. The van der Waals surface area contributed by atoms with Crippen molar-refractivity contribution in [3.8, 4) is 28.6 Å². The first kappa shape index (κ1) is 22.1. The maximum Gasteiger partial charge on any atom is 0.253 e. The summed E-state index contributed by atoms with van der Waals surface area (Å²) in [6.07, 6.45) is 0.132. The minimum absolute atomic E-state index is 0.132. The predicted molar refractivity (Wildman–Crippen MR) is 124 cm³/mol. The van der Waals surface area contributed by atoms with E-state index in [2.05, 4.69) is 20.4 Å². The number of nitrogens with zero attached hydrogens (tertiary/aromatic N) is 4. The Morgan fingerprint density at radius 2 is 1.64 bits per heavy atom. The molecule has 0 atom stereocenters. The SMILES string of the molecule is COc1ccc(-c2nc3nc(C)c(CC(=O)Nc4ccc(OC)cc4OC)c(C)n3n2)cc1. The van der Waals surface area contributed by atoms with Gasteiger partial charge in [0.05, 0.1) is 33.4 Å². The Labute approximate surface area is 191 Å². The zero-order chi connectivity index (χ0) is 23.5. The number of rotatable bonds is 7. The number of aryl methyl sites for hydroxylation is 2. The average Bonchev–Trinajstić information content (AvgIpc) is 3.26. The molecule has 0 fully saturated rings. The van der Waals surface area contributed by atoms with Gasteiger partial charge in [-0.25, -0.2) is 9.50 Å². The summed E-state index contributed by atoms with van der Waals surface area (Å²) in [7, 11) is 4.74. The number of aromatic nitrogens is 4. The molecule has 2 aromatic carbocycles. The topological polar surface area (TPSA) is 99.9 Å². The van der Waals surface area contributed by atoms with Crippen LogP contribution < -0.4 is 19.5 Å². The molecule has 0 saturated carbocycles. The lowest BCUT2D eigenvalue weighted by atomic mass is 10.1. The molecule has 0 aliphatic rings. The quantitative estimate of drug-likeness (QED) is 0.462. The lowest BCUT2D eigenvalue weighted by Crippen LogP contribution is -2.18. The normalized spacial score (nSPS) is 10.8. The number of carbonyl (C=O) groups is 1. The van der Waals surface area contributed by atoms with Crippen LogP contribution in [-0.2, 0) is 11.2 Å². The third-order valence-electron chi connectivity index (χ3n) is 5.42. The summed E-state index contributed by atoms with van der Waals surface area (Å²) in [5, 5.41) is 7.52. The number of nitrogens with one attached hydrogen (secondary N) is 1. The lowest BCUT2D eigenvalue weighted by Gasteiger charge is -2.13. The van der Waals surface area contributed by atoms with Gasteiger partial charge < -0.3 is 19.5 Å². The van der Waals surface area contributed by atoms with Crippen molar-refractivity contribution in [3.63, 3.8) is 0 Å². The number of benzene rings is 2. The summed E-state index contributed by atoms with van der Waals surface area (Å²) >= 11 is 0. The average molecular weight is 447 g/mol. The van der Waals surface area contributed by atoms with Crippen molar-refractivity contribution in [1.82, 2.24) is 19.6 Å². The van der Waals surface area contributed by atoms with Crippen LogP contribution in [-0.4, -0.2) is 46.8 Å². The molecule has 0 aliphatic carbocycles. The summed E-state index contributed by atoms with van der Waals surface area (Å²) in [4.78, 5) is 22.0. The highest BCUT2D eigenvalue weighted by molar-refractivity contribution is 5.94. The highest BCUT2D eigenvalue weighted by Gasteiger charge is 2.18. The zero-order valence-electron chi connectivity index (χ0n) is 19.2. The van der Waals surface area contributed by atoms with Gasteiger partial charge in [0.1, 0.15) is 17.2 Å². The summed E-state index contributed by atoms with van der Waals surface area (Å²) in [5.41, 5.74) is 3.74. The highest BCUT2D eigenvalue weighted by atomic mass is 16.5. The lowest BCUT2D eigenvalue weighted by molar-refractivity contribution is -0.115. The number of hydrogen-bond acceptors (Lipinski definition) is 7. The van der Waals surface area contributed by atoms with E-state index in [1.165, 1.54) is 0 Å². The molecule has 4 aromatic rings. The van der Waals surface area contributed by atoms with Crippen LogP contribution in [0, 0.1) is 13.8 Å². The summed E-state index contributed by atoms with van der Waals surface area (Å²) < 4.78 is 17.5. The van der Waals surface area contributed by atoms with Gasteiger partial charge in [-0.1, -0.05) is 0 Å². The third-order valence-corrected chi connectivity index (χ3v) is 5.42. The van der Waals surface area contributed by atoms with Crippen LogP contribution in [0.1, 0.15) is 17.0 Å². The summed E-state index contributed by atoms with van der Waals surface area (Å²) in [6, 6.07) is 12.7. The smallest absolute Gasteiger partial charge is 0.253 e. The van der Waals surface area contributed by atoms with Crippen LogP contribution in [0.3, 0.4) is 0 Å². The molecule has 2 aromatic heterocycles. The van der Waals surface area contributed by atoms with E-state index in [9.17, 15) is 4.79 Å². The van der Waals surface area contributed by atoms with Crippen LogP contribution in [0.25, 0.3) is 17.2 Å². The van der Waals surface area contributed by atoms with Gasteiger partial charge in [0, 0.05) is 28.6 Å². The van der Waals surface area contributed by atoms with Gasteiger partial charge in [-0.3, -0.25) is 4.79 Å². The van der Waals surface area contributed by atoms with Gasteiger partial charge in [0.15, 0.2) is 5.82 Å². The fourth-order valence-electron chi connectivity index (χ4n) is 3.58. The molecule has 33 heavy (non-hydrogen) atoms. The zero-order valence-corrected chi connectivity index (χ0v) is 19.2. The van der Waals surface area contributed by atoms with E-state index in [0.717, 1.165) is 28.3 Å². The van der Waals surface area contributed by atoms with Gasteiger partial charge >= 0.3 is 0 Å². The second kappa shape index (κ2) is 9.15. The summed E-state index contributed by atoms with van der Waals surface area (Å²) in [6.45, 7) is 3.77. The number of fused-ring (bicyclic) bond motifs is 1. The van der Waals surface area contributed by atoms with E-state index in [1.807, 2.05) is 38.1 Å². The van der Waals surface area contributed by atoms with E-state index >= 15 is 0 Å². The first-order chi connectivity index (χ1) is 15.9. The van der Waals surface area contributed by atoms with Crippen molar-refractivity contribution in [1.29, 1.82) is 0 Å². The number of ether oxygens (including phenoxy) is 3. The third kappa shape index (κ3) is 4.43. The van der Waals surface area contributed by atoms with Crippen LogP contribution in [0.4, 0.5) is 5.69 Å². The minimum atomic E-state index is -0.193. The number of amides is 1.